The molecule has 0 aromatic heterocycles. The van der Waals surface area contributed by atoms with Gasteiger partial charge in [0.05, 0.1) is 0 Å². The van der Waals surface area contributed by atoms with Gasteiger partial charge in [0.2, 0.25) is 0 Å². The Hall–Kier alpha value is -2.03. The summed E-state index contributed by atoms with van der Waals surface area (Å²) < 4.78 is 0. The topological polar surface area (TPSA) is 18.8 Å². The second-order valence-electron chi connectivity index (χ2n) is 4.56. The number of nitrogens with zero attached hydrogens (tertiary/aromatic N) is 3. The standard InChI is InChI=1S/C16H21N3/c1-3-4-10-17-15(2)18-11-13-19(14-12-18)16-8-6-5-7-9-16/h3-10H,1,11-14H2,2H3/b10-4-,17-15?. The number of rotatable bonds is 3. The molecule has 1 aromatic carbocycles. The lowest BCUT2D eigenvalue weighted by molar-refractivity contribution is 0.384. The molecule has 1 aliphatic heterocycles. The number of hydrogen-bond acceptors (Lipinski definition) is 2. The van der Waals surface area contributed by atoms with Crippen molar-refractivity contribution in [1.29, 1.82) is 0 Å². The lowest BCUT2D eigenvalue weighted by atomic mass is 10.2. The first kappa shape index (κ1) is 13.4. The largest absolute Gasteiger partial charge is 0.368 e. The summed E-state index contributed by atoms with van der Waals surface area (Å²) in [6.45, 7) is 9.83. The van der Waals surface area contributed by atoms with E-state index in [-0.39, 0.29) is 0 Å². The summed E-state index contributed by atoms with van der Waals surface area (Å²) in [6.07, 6.45) is 5.39. The minimum Gasteiger partial charge on any atom is -0.368 e. The van der Waals surface area contributed by atoms with Crippen LogP contribution in [0.1, 0.15) is 6.92 Å². The molecule has 1 heterocycles. The van der Waals surface area contributed by atoms with Crippen LogP contribution in [0.5, 0.6) is 0 Å². The van der Waals surface area contributed by atoms with E-state index in [1.165, 1.54) is 5.69 Å². The summed E-state index contributed by atoms with van der Waals surface area (Å²) in [5.41, 5.74) is 1.31. The number of allylic oxidation sites excluding steroid dienone is 2. The molecule has 100 valence electrons. The summed E-state index contributed by atoms with van der Waals surface area (Å²) in [7, 11) is 0. The molecular formula is C16H21N3. The molecule has 0 spiro atoms. The fourth-order valence-electron chi connectivity index (χ4n) is 2.22. The average molecular weight is 255 g/mol. The van der Waals surface area contributed by atoms with Gasteiger partial charge in [-0.15, -0.1) is 0 Å². The van der Waals surface area contributed by atoms with Crippen molar-refractivity contribution in [1.82, 2.24) is 4.90 Å². The van der Waals surface area contributed by atoms with Gasteiger partial charge in [-0.25, -0.2) is 4.99 Å². The highest BCUT2D eigenvalue weighted by atomic mass is 15.3. The van der Waals surface area contributed by atoms with Gasteiger partial charge >= 0.3 is 0 Å². The Bertz CT molecular complexity index is 454. The van der Waals surface area contributed by atoms with E-state index >= 15 is 0 Å². The quantitative estimate of drug-likeness (QED) is 0.470. The maximum absolute atomic E-state index is 4.41. The maximum Gasteiger partial charge on any atom is 0.101 e. The van der Waals surface area contributed by atoms with Crippen molar-refractivity contribution in [2.45, 2.75) is 6.92 Å². The molecule has 0 bridgehead atoms. The van der Waals surface area contributed by atoms with E-state index in [1.54, 1.807) is 12.3 Å². The predicted octanol–water partition coefficient (Wildman–Crippen LogP) is 2.93. The van der Waals surface area contributed by atoms with Crippen LogP contribution in [0.15, 0.2) is 60.3 Å². The molecule has 1 saturated heterocycles. The summed E-state index contributed by atoms with van der Waals surface area (Å²) in [6, 6.07) is 10.6. The smallest absolute Gasteiger partial charge is 0.101 e. The third-order valence-electron chi connectivity index (χ3n) is 3.34. The minimum absolute atomic E-state index is 1.02. The van der Waals surface area contributed by atoms with Crippen LogP contribution in [-0.2, 0) is 0 Å². The Kier molecular flexibility index (Phi) is 4.78. The molecule has 0 N–H and O–H groups in total. The number of amidine groups is 1. The van der Waals surface area contributed by atoms with Gasteiger partial charge in [0.1, 0.15) is 5.84 Å². The highest BCUT2D eigenvalue weighted by Gasteiger charge is 2.17. The number of benzene rings is 1. The Labute approximate surface area is 115 Å². The summed E-state index contributed by atoms with van der Waals surface area (Å²) in [5, 5.41) is 0. The van der Waals surface area contributed by atoms with E-state index < -0.39 is 0 Å². The molecule has 0 aliphatic carbocycles. The van der Waals surface area contributed by atoms with Crippen LogP contribution in [-0.4, -0.2) is 36.9 Å². The average Bonchev–Trinajstić information content (AvgIpc) is 2.48. The van der Waals surface area contributed by atoms with Gasteiger partial charge in [0, 0.05) is 38.1 Å². The van der Waals surface area contributed by atoms with Crippen molar-refractivity contribution in [2.75, 3.05) is 31.1 Å². The van der Waals surface area contributed by atoms with Crippen LogP contribution in [0.4, 0.5) is 5.69 Å². The molecule has 1 fully saturated rings. The molecule has 2 rings (SSSR count). The van der Waals surface area contributed by atoms with E-state index in [9.17, 15) is 0 Å². The molecule has 0 amide bonds. The highest BCUT2D eigenvalue weighted by Crippen LogP contribution is 2.15. The number of anilines is 1. The van der Waals surface area contributed by atoms with E-state index in [1.807, 2.05) is 6.08 Å². The van der Waals surface area contributed by atoms with Crippen LogP contribution < -0.4 is 4.90 Å². The molecular weight excluding hydrogens is 234 g/mol. The fraction of sp³-hybridized carbons (Fsp3) is 0.312. The number of para-hydroxylation sites is 1. The molecule has 3 nitrogen and oxygen atoms in total. The number of hydrogen-bond donors (Lipinski definition) is 0. The van der Waals surface area contributed by atoms with Crippen molar-refractivity contribution in [3.05, 3.63) is 55.3 Å². The first-order valence-electron chi connectivity index (χ1n) is 6.68. The Morgan fingerprint density at radius 2 is 1.84 bits per heavy atom. The summed E-state index contributed by atoms with van der Waals surface area (Å²) >= 11 is 0. The predicted molar refractivity (Wildman–Crippen MR) is 82.7 cm³/mol. The summed E-state index contributed by atoms with van der Waals surface area (Å²) in [4.78, 5) is 9.15. The van der Waals surface area contributed by atoms with Gasteiger partial charge < -0.3 is 9.80 Å². The van der Waals surface area contributed by atoms with E-state index in [2.05, 4.69) is 58.6 Å². The monoisotopic (exact) mass is 255 g/mol. The van der Waals surface area contributed by atoms with E-state index in [0.717, 1.165) is 32.0 Å². The second-order valence-corrected chi connectivity index (χ2v) is 4.56. The fourth-order valence-corrected chi connectivity index (χ4v) is 2.22. The molecule has 1 aromatic rings. The van der Waals surface area contributed by atoms with Gasteiger partial charge in [-0.2, -0.15) is 0 Å². The van der Waals surface area contributed by atoms with Crippen LogP contribution in [0.25, 0.3) is 0 Å². The van der Waals surface area contributed by atoms with Crippen LogP contribution in [0.2, 0.25) is 0 Å². The Balaban J connectivity index is 1.90. The number of piperazine rings is 1. The molecule has 0 unspecified atom stereocenters. The van der Waals surface area contributed by atoms with E-state index in [4.69, 9.17) is 0 Å². The van der Waals surface area contributed by atoms with Crippen molar-refractivity contribution < 1.29 is 0 Å². The zero-order chi connectivity index (χ0) is 13.5. The second kappa shape index (κ2) is 6.78. The Morgan fingerprint density at radius 1 is 1.16 bits per heavy atom. The zero-order valence-corrected chi connectivity index (χ0v) is 11.5. The normalized spacial score (nSPS) is 17.0. The molecule has 1 aliphatic rings. The highest BCUT2D eigenvalue weighted by molar-refractivity contribution is 5.80. The zero-order valence-electron chi connectivity index (χ0n) is 11.5. The third-order valence-corrected chi connectivity index (χ3v) is 3.34. The van der Waals surface area contributed by atoms with Crippen molar-refractivity contribution in [2.24, 2.45) is 4.99 Å². The third kappa shape index (κ3) is 3.71. The lowest BCUT2D eigenvalue weighted by Crippen LogP contribution is -2.48. The first-order chi connectivity index (χ1) is 9.31. The van der Waals surface area contributed by atoms with Crippen LogP contribution >= 0.6 is 0 Å². The van der Waals surface area contributed by atoms with Gasteiger partial charge in [-0.1, -0.05) is 30.9 Å². The molecule has 19 heavy (non-hydrogen) atoms. The lowest BCUT2D eigenvalue weighted by Gasteiger charge is -2.37. The Morgan fingerprint density at radius 3 is 2.47 bits per heavy atom. The van der Waals surface area contributed by atoms with Gasteiger partial charge in [0.25, 0.3) is 0 Å². The molecule has 0 atom stereocenters. The molecule has 0 saturated carbocycles. The molecule has 3 heteroatoms. The van der Waals surface area contributed by atoms with Crippen molar-refractivity contribution >= 4 is 11.5 Å². The van der Waals surface area contributed by atoms with Crippen LogP contribution in [0.3, 0.4) is 0 Å². The van der Waals surface area contributed by atoms with Crippen molar-refractivity contribution in [3.63, 3.8) is 0 Å². The SMILES string of the molecule is C=C/C=C\N=C(C)N1CCN(c2ccccc2)CC1. The minimum atomic E-state index is 1.02. The van der Waals surface area contributed by atoms with Gasteiger partial charge in [0.15, 0.2) is 0 Å². The maximum atomic E-state index is 4.41. The van der Waals surface area contributed by atoms with Crippen LogP contribution in [0, 0.1) is 0 Å². The van der Waals surface area contributed by atoms with E-state index in [0.29, 0.717) is 0 Å². The van der Waals surface area contributed by atoms with Gasteiger partial charge in [-0.3, -0.25) is 0 Å². The first-order valence-corrected chi connectivity index (χ1v) is 6.68. The van der Waals surface area contributed by atoms with Crippen molar-refractivity contribution in [3.8, 4) is 0 Å². The summed E-state index contributed by atoms with van der Waals surface area (Å²) in [5.74, 6) is 1.07. The van der Waals surface area contributed by atoms with Gasteiger partial charge in [-0.05, 0) is 25.1 Å². The molecule has 0 radical (unpaired) electrons. The number of aliphatic imine (C=N–C) groups is 1.